The molecule has 1 aromatic rings. The minimum atomic E-state index is -0.864. The Morgan fingerprint density at radius 2 is 1.90 bits per heavy atom. The maximum absolute atomic E-state index is 12.1. The van der Waals surface area contributed by atoms with Crippen molar-refractivity contribution in [3.63, 3.8) is 0 Å². The molecule has 3 nitrogen and oxygen atoms in total. The standard InChI is InChI=1S/C17H23NO2/c19-16(20)17(18-14-9-2-1-3-10-14)12-6-8-13-7-4-5-11-15(13)17/h4-5,7,11,14,18H,1-3,6,8-10,12H2,(H,19,20). The third-order valence-corrected chi connectivity index (χ3v) is 4.90. The summed E-state index contributed by atoms with van der Waals surface area (Å²) in [5, 5.41) is 13.4. The molecule has 1 fully saturated rings. The number of fused-ring (bicyclic) bond motifs is 1. The van der Waals surface area contributed by atoms with Crippen LogP contribution in [0.1, 0.15) is 56.1 Å². The third-order valence-electron chi connectivity index (χ3n) is 4.90. The molecule has 20 heavy (non-hydrogen) atoms. The van der Waals surface area contributed by atoms with Gasteiger partial charge >= 0.3 is 5.97 Å². The first kappa shape index (κ1) is 13.6. The molecule has 3 heteroatoms. The van der Waals surface area contributed by atoms with E-state index in [1.165, 1.54) is 24.8 Å². The van der Waals surface area contributed by atoms with Crippen LogP contribution in [0, 0.1) is 0 Å². The van der Waals surface area contributed by atoms with Crippen LogP contribution in [0.25, 0.3) is 0 Å². The van der Waals surface area contributed by atoms with Crippen molar-refractivity contribution in [3.8, 4) is 0 Å². The summed E-state index contributed by atoms with van der Waals surface area (Å²) in [5.41, 5.74) is 1.32. The Balaban J connectivity index is 1.94. The third kappa shape index (κ3) is 2.35. The first-order chi connectivity index (χ1) is 9.72. The van der Waals surface area contributed by atoms with Gasteiger partial charge in [-0.2, -0.15) is 0 Å². The first-order valence-corrected chi connectivity index (χ1v) is 7.82. The molecule has 1 saturated carbocycles. The summed E-state index contributed by atoms with van der Waals surface area (Å²) < 4.78 is 0. The average Bonchev–Trinajstić information content (AvgIpc) is 2.48. The SMILES string of the molecule is O=C(O)C1(NC2CCCCC2)CCCc2ccccc21. The van der Waals surface area contributed by atoms with E-state index >= 15 is 0 Å². The topological polar surface area (TPSA) is 49.3 Å². The summed E-state index contributed by atoms with van der Waals surface area (Å²) >= 11 is 0. The lowest BCUT2D eigenvalue weighted by Crippen LogP contribution is -2.55. The van der Waals surface area contributed by atoms with E-state index in [1.807, 2.05) is 18.2 Å². The summed E-state index contributed by atoms with van der Waals surface area (Å²) in [6, 6.07) is 8.40. The van der Waals surface area contributed by atoms with E-state index in [1.54, 1.807) is 0 Å². The second-order valence-corrected chi connectivity index (χ2v) is 6.20. The molecule has 2 aliphatic rings. The summed E-state index contributed by atoms with van der Waals surface area (Å²) in [4.78, 5) is 12.1. The van der Waals surface area contributed by atoms with Gasteiger partial charge in [-0.3, -0.25) is 5.32 Å². The Hall–Kier alpha value is -1.35. The Bertz CT molecular complexity index is 494. The molecular weight excluding hydrogens is 250 g/mol. The van der Waals surface area contributed by atoms with Crippen molar-refractivity contribution in [3.05, 3.63) is 35.4 Å². The second kappa shape index (κ2) is 5.57. The number of carboxylic acid groups (broad SMARTS) is 1. The fourth-order valence-electron chi connectivity index (χ4n) is 3.86. The predicted molar refractivity (Wildman–Crippen MR) is 78.7 cm³/mol. The predicted octanol–water partition coefficient (Wildman–Crippen LogP) is 3.23. The lowest BCUT2D eigenvalue weighted by Gasteiger charge is -2.40. The minimum absolute atomic E-state index is 0.353. The molecule has 2 aliphatic carbocycles. The molecule has 0 radical (unpaired) electrons. The highest BCUT2D eigenvalue weighted by atomic mass is 16.4. The van der Waals surface area contributed by atoms with E-state index in [9.17, 15) is 9.90 Å². The van der Waals surface area contributed by atoms with Crippen LogP contribution in [-0.2, 0) is 16.8 Å². The van der Waals surface area contributed by atoms with Gasteiger partial charge in [0.2, 0.25) is 0 Å². The number of nitrogens with one attached hydrogen (secondary N) is 1. The summed E-state index contributed by atoms with van der Waals surface area (Å²) in [7, 11) is 0. The van der Waals surface area contributed by atoms with E-state index in [0.29, 0.717) is 12.5 Å². The highest BCUT2D eigenvalue weighted by Gasteiger charge is 2.44. The van der Waals surface area contributed by atoms with Crippen molar-refractivity contribution in [1.82, 2.24) is 5.32 Å². The molecule has 2 N–H and O–H groups in total. The van der Waals surface area contributed by atoms with Gasteiger partial charge in [0.15, 0.2) is 0 Å². The molecule has 0 heterocycles. The molecule has 3 rings (SSSR count). The van der Waals surface area contributed by atoms with Gasteiger partial charge in [0.1, 0.15) is 5.54 Å². The van der Waals surface area contributed by atoms with Gasteiger partial charge in [-0.1, -0.05) is 43.5 Å². The number of carbonyl (C=O) groups is 1. The number of benzene rings is 1. The zero-order valence-electron chi connectivity index (χ0n) is 11.9. The molecule has 0 saturated heterocycles. The van der Waals surface area contributed by atoms with Gasteiger partial charge in [0.25, 0.3) is 0 Å². The minimum Gasteiger partial charge on any atom is -0.480 e. The molecule has 1 atom stereocenters. The summed E-state index contributed by atoms with van der Waals surface area (Å²) in [6.45, 7) is 0. The van der Waals surface area contributed by atoms with Crippen LogP contribution in [0.2, 0.25) is 0 Å². The lowest BCUT2D eigenvalue weighted by molar-refractivity contribution is -0.146. The molecule has 0 spiro atoms. The van der Waals surface area contributed by atoms with Crippen molar-refractivity contribution >= 4 is 5.97 Å². The van der Waals surface area contributed by atoms with Crippen molar-refractivity contribution in [2.24, 2.45) is 0 Å². The summed E-state index contributed by atoms with van der Waals surface area (Å²) in [6.07, 6.45) is 8.59. The van der Waals surface area contributed by atoms with Crippen LogP contribution in [0.4, 0.5) is 0 Å². The number of hydrogen-bond acceptors (Lipinski definition) is 2. The van der Waals surface area contributed by atoms with Crippen molar-refractivity contribution in [2.75, 3.05) is 0 Å². The Kier molecular flexibility index (Phi) is 3.79. The van der Waals surface area contributed by atoms with Gasteiger partial charge in [-0.15, -0.1) is 0 Å². The van der Waals surface area contributed by atoms with Gasteiger partial charge in [0, 0.05) is 6.04 Å². The monoisotopic (exact) mass is 273 g/mol. The number of carboxylic acids is 1. The van der Waals surface area contributed by atoms with Gasteiger partial charge in [-0.25, -0.2) is 4.79 Å². The maximum atomic E-state index is 12.1. The second-order valence-electron chi connectivity index (χ2n) is 6.20. The van der Waals surface area contributed by atoms with Crippen LogP contribution in [-0.4, -0.2) is 17.1 Å². The zero-order chi connectivity index (χ0) is 14.0. The van der Waals surface area contributed by atoms with Gasteiger partial charge in [0.05, 0.1) is 0 Å². The molecule has 0 bridgehead atoms. The Morgan fingerprint density at radius 3 is 2.65 bits per heavy atom. The van der Waals surface area contributed by atoms with E-state index in [4.69, 9.17) is 0 Å². The molecular formula is C17H23NO2. The lowest BCUT2D eigenvalue weighted by atomic mass is 9.75. The van der Waals surface area contributed by atoms with Crippen LogP contribution >= 0.6 is 0 Å². The van der Waals surface area contributed by atoms with Crippen LogP contribution in [0.15, 0.2) is 24.3 Å². The first-order valence-electron chi connectivity index (χ1n) is 7.82. The normalized spacial score (nSPS) is 27.0. The molecule has 1 aromatic carbocycles. The number of aliphatic carboxylic acids is 1. The van der Waals surface area contributed by atoms with Crippen molar-refractivity contribution < 1.29 is 9.90 Å². The fraction of sp³-hybridized carbons (Fsp3) is 0.588. The molecule has 1 unspecified atom stereocenters. The van der Waals surface area contributed by atoms with E-state index < -0.39 is 11.5 Å². The highest BCUT2D eigenvalue weighted by Crippen LogP contribution is 2.37. The van der Waals surface area contributed by atoms with Crippen molar-refractivity contribution in [1.29, 1.82) is 0 Å². The molecule has 0 aromatic heterocycles. The number of aryl methyl sites for hydroxylation is 1. The van der Waals surface area contributed by atoms with E-state index in [0.717, 1.165) is 31.2 Å². The largest absolute Gasteiger partial charge is 0.480 e. The maximum Gasteiger partial charge on any atom is 0.328 e. The zero-order valence-corrected chi connectivity index (χ0v) is 11.9. The van der Waals surface area contributed by atoms with Crippen LogP contribution in [0.3, 0.4) is 0 Å². The van der Waals surface area contributed by atoms with Crippen LogP contribution < -0.4 is 5.32 Å². The van der Waals surface area contributed by atoms with E-state index in [2.05, 4.69) is 11.4 Å². The quantitative estimate of drug-likeness (QED) is 0.889. The number of hydrogen-bond donors (Lipinski definition) is 2. The average molecular weight is 273 g/mol. The highest BCUT2D eigenvalue weighted by molar-refractivity contribution is 5.82. The Morgan fingerprint density at radius 1 is 1.15 bits per heavy atom. The summed E-state index contributed by atoms with van der Waals surface area (Å²) in [5.74, 6) is -0.713. The number of rotatable bonds is 3. The van der Waals surface area contributed by atoms with E-state index in [-0.39, 0.29) is 0 Å². The van der Waals surface area contributed by atoms with Gasteiger partial charge < -0.3 is 5.11 Å². The van der Waals surface area contributed by atoms with Crippen LogP contribution in [0.5, 0.6) is 0 Å². The Labute approximate surface area is 120 Å². The molecule has 0 amide bonds. The smallest absolute Gasteiger partial charge is 0.328 e. The molecule has 0 aliphatic heterocycles. The molecule has 108 valence electrons. The fourth-order valence-corrected chi connectivity index (χ4v) is 3.86. The van der Waals surface area contributed by atoms with Gasteiger partial charge in [-0.05, 0) is 43.2 Å². The van der Waals surface area contributed by atoms with Crippen molar-refractivity contribution in [2.45, 2.75) is 62.9 Å².